The average molecular weight is 354 g/mol. The Morgan fingerprint density at radius 3 is 2.40 bits per heavy atom. The van der Waals surface area contributed by atoms with Gasteiger partial charge in [-0.05, 0) is 30.7 Å². The third-order valence-electron chi connectivity index (χ3n) is 2.91. The fourth-order valence-electron chi connectivity index (χ4n) is 2.01. The van der Waals surface area contributed by atoms with Crippen LogP contribution in [0.5, 0.6) is 0 Å². The molecule has 0 unspecified atom stereocenters. The van der Waals surface area contributed by atoms with Crippen molar-refractivity contribution in [3.8, 4) is 0 Å². The van der Waals surface area contributed by atoms with Gasteiger partial charge in [0.15, 0.2) is 0 Å². The van der Waals surface area contributed by atoms with E-state index in [1.807, 2.05) is 43.3 Å². The first-order chi connectivity index (χ1) is 9.36. The average Bonchev–Trinajstić information content (AvgIpc) is 2.34. The minimum atomic E-state index is -3.33. The largest absolute Gasteiger partial charge is 0.266 e. The van der Waals surface area contributed by atoms with Crippen LogP contribution in [-0.4, -0.2) is 14.7 Å². The Labute approximate surface area is 128 Å². The summed E-state index contributed by atoms with van der Waals surface area (Å²) in [6.07, 6.45) is 1.23. The maximum absolute atomic E-state index is 12.0. The molecule has 0 aromatic heterocycles. The molecule has 106 valence electrons. The number of nitrogens with zero attached hydrogens (tertiary/aromatic N) is 1. The number of hydrogen-bond donors (Lipinski definition) is 0. The molecule has 20 heavy (non-hydrogen) atoms. The predicted octanol–water partition coefficient (Wildman–Crippen LogP) is 3.72. The smallest absolute Gasteiger partial charge is 0.232 e. The molecule has 0 aliphatic heterocycles. The molecule has 0 atom stereocenters. The molecule has 3 nitrogen and oxygen atoms in total. The van der Waals surface area contributed by atoms with Crippen molar-refractivity contribution < 1.29 is 8.42 Å². The first-order valence-corrected chi connectivity index (χ1v) is 8.79. The molecule has 0 heterocycles. The van der Waals surface area contributed by atoms with Gasteiger partial charge in [0.2, 0.25) is 10.0 Å². The van der Waals surface area contributed by atoms with E-state index in [-0.39, 0.29) is 0 Å². The van der Waals surface area contributed by atoms with E-state index >= 15 is 0 Å². The molecule has 0 amide bonds. The fourth-order valence-corrected chi connectivity index (χ4v) is 3.27. The number of anilines is 1. The summed E-state index contributed by atoms with van der Waals surface area (Å²) < 4.78 is 26.3. The fraction of sp³-hybridized carbons (Fsp3) is 0.200. The molecule has 0 saturated heterocycles. The van der Waals surface area contributed by atoms with E-state index in [0.717, 1.165) is 15.6 Å². The van der Waals surface area contributed by atoms with Crippen molar-refractivity contribution in [1.29, 1.82) is 0 Å². The van der Waals surface area contributed by atoms with Crippen LogP contribution in [0.15, 0.2) is 53.0 Å². The summed E-state index contributed by atoms with van der Waals surface area (Å²) in [7, 11) is -3.33. The lowest BCUT2D eigenvalue weighted by molar-refractivity contribution is 0.596. The van der Waals surface area contributed by atoms with Gasteiger partial charge in [-0.3, -0.25) is 4.31 Å². The van der Waals surface area contributed by atoms with Crippen molar-refractivity contribution in [2.75, 3.05) is 10.6 Å². The lowest BCUT2D eigenvalue weighted by Gasteiger charge is -2.23. The Morgan fingerprint density at radius 1 is 1.10 bits per heavy atom. The van der Waals surface area contributed by atoms with Gasteiger partial charge >= 0.3 is 0 Å². The van der Waals surface area contributed by atoms with Crippen molar-refractivity contribution >= 4 is 31.6 Å². The minimum Gasteiger partial charge on any atom is -0.266 e. The van der Waals surface area contributed by atoms with E-state index in [9.17, 15) is 8.42 Å². The van der Waals surface area contributed by atoms with Gasteiger partial charge in [-0.25, -0.2) is 8.42 Å². The predicted molar refractivity (Wildman–Crippen MR) is 86.3 cm³/mol. The summed E-state index contributed by atoms with van der Waals surface area (Å²) in [6, 6.07) is 15.2. The summed E-state index contributed by atoms with van der Waals surface area (Å²) in [5.74, 6) is 0. The Morgan fingerprint density at radius 2 is 1.80 bits per heavy atom. The van der Waals surface area contributed by atoms with Gasteiger partial charge in [-0.2, -0.15) is 0 Å². The summed E-state index contributed by atoms with van der Waals surface area (Å²) >= 11 is 3.37. The molecule has 2 aromatic rings. The summed E-state index contributed by atoms with van der Waals surface area (Å²) in [5, 5.41) is 0. The number of rotatable bonds is 4. The molecular weight excluding hydrogens is 338 g/mol. The molecule has 0 radical (unpaired) electrons. The molecule has 0 aliphatic carbocycles. The maximum atomic E-state index is 12.0. The van der Waals surface area contributed by atoms with E-state index in [1.54, 1.807) is 12.1 Å². The van der Waals surface area contributed by atoms with E-state index < -0.39 is 10.0 Å². The first-order valence-electron chi connectivity index (χ1n) is 6.15. The molecule has 2 aromatic carbocycles. The molecule has 0 saturated carbocycles. The SMILES string of the molecule is Cc1cccc(CN(c2cccc(Br)c2)S(C)(=O)=O)c1. The Kier molecular flexibility index (Phi) is 4.50. The number of sulfonamides is 1. The van der Waals surface area contributed by atoms with Crippen LogP contribution in [0, 0.1) is 6.92 Å². The Balaban J connectivity index is 2.40. The Bertz CT molecular complexity index is 713. The van der Waals surface area contributed by atoms with Crippen LogP contribution in [0.25, 0.3) is 0 Å². The molecule has 2 rings (SSSR count). The van der Waals surface area contributed by atoms with Gasteiger partial charge in [-0.1, -0.05) is 51.8 Å². The number of halogens is 1. The standard InChI is InChI=1S/C15H16BrNO2S/c1-12-5-3-6-13(9-12)11-17(20(2,18)19)15-8-4-7-14(16)10-15/h3-10H,11H2,1-2H3. The highest BCUT2D eigenvalue weighted by molar-refractivity contribution is 9.10. The molecule has 5 heteroatoms. The van der Waals surface area contributed by atoms with Crippen LogP contribution in [0.3, 0.4) is 0 Å². The van der Waals surface area contributed by atoms with E-state index in [0.29, 0.717) is 12.2 Å². The zero-order valence-electron chi connectivity index (χ0n) is 11.4. The normalized spacial score (nSPS) is 11.3. The zero-order chi connectivity index (χ0) is 14.8. The topological polar surface area (TPSA) is 37.4 Å². The quantitative estimate of drug-likeness (QED) is 0.839. The highest BCUT2D eigenvalue weighted by Crippen LogP contribution is 2.24. The van der Waals surface area contributed by atoms with Crippen LogP contribution in [0.2, 0.25) is 0 Å². The lowest BCUT2D eigenvalue weighted by Crippen LogP contribution is -2.29. The third-order valence-corrected chi connectivity index (χ3v) is 4.54. The number of aryl methyl sites for hydroxylation is 1. The molecule has 0 bridgehead atoms. The van der Waals surface area contributed by atoms with Crippen molar-refractivity contribution in [3.63, 3.8) is 0 Å². The van der Waals surface area contributed by atoms with E-state index in [2.05, 4.69) is 15.9 Å². The zero-order valence-corrected chi connectivity index (χ0v) is 13.8. The summed E-state index contributed by atoms with van der Waals surface area (Å²) in [4.78, 5) is 0. The van der Waals surface area contributed by atoms with E-state index in [4.69, 9.17) is 0 Å². The van der Waals surface area contributed by atoms with Crippen LogP contribution in [-0.2, 0) is 16.6 Å². The highest BCUT2D eigenvalue weighted by atomic mass is 79.9. The minimum absolute atomic E-state index is 0.330. The second-order valence-corrected chi connectivity index (χ2v) is 7.56. The lowest BCUT2D eigenvalue weighted by atomic mass is 10.1. The molecule has 0 spiro atoms. The van der Waals surface area contributed by atoms with Gasteiger partial charge in [0, 0.05) is 4.47 Å². The number of benzene rings is 2. The molecule has 0 aliphatic rings. The third kappa shape index (κ3) is 3.84. The van der Waals surface area contributed by atoms with Gasteiger partial charge in [0.25, 0.3) is 0 Å². The van der Waals surface area contributed by atoms with Gasteiger partial charge in [-0.15, -0.1) is 0 Å². The van der Waals surface area contributed by atoms with Crippen LogP contribution in [0.4, 0.5) is 5.69 Å². The highest BCUT2D eigenvalue weighted by Gasteiger charge is 2.18. The van der Waals surface area contributed by atoms with Crippen LogP contribution in [0.1, 0.15) is 11.1 Å². The van der Waals surface area contributed by atoms with Crippen molar-refractivity contribution in [2.24, 2.45) is 0 Å². The summed E-state index contributed by atoms with van der Waals surface area (Å²) in [6.45, 7) is 2.32. The Hall–Kier alpha value is -1.33. The summed E-state index contributed by atoms with van der Waals surface area (Å²) in [5.41, 5.74) is 2.74. The van der Waals surface area contributed by atoms with Gasteiger partial charge in [0.05, 0.1) is 18.5 Å². The second kappa shape index (κ2) is 5.97. The monoisotopic (exact) mass is 353 g/mol. The van der Waals surface area contributed by atoms with Gasteiger partial charge < -0.3 is 0 Å². The van der Waals surface area contributed by atoms with Crippen molar-refractivity contribution in [3.05, 3.63) is 64.1 Å². The van der Waals surface area contributed by atoms with E-state index in [1.165, 1.54) is 10.6 Å². The van der Waals surface area contributed by atoms with Gasteiger partial charge in [0.1, 0.15) is 0 Å². The maximum Gasteiger partial charge on any atom is 0.232 e. The number of hydrogen-bond acceptors (Lipinski definition) is 2. The van der Waals surface area contributed by atoms with Crippen LogP contribution < -0.4 is 4.31 Å². The van der Waals surface area contributed by atoms with Crippen molar-refractivity contribution in [1.82, 2.24) is 0 Å². The van der Waals surface area contributed by atoms with Crippen LogP contribution >= 0.6 is 15.9 Å². The second-order valence-electron chi connectivity index (χ2n) is 4.74. The molecule has 0 fully saturated rings. The molecule has 0 N–H and O–H groups in total. The van der Waals surface area contributed by atoms with Crippen molar-refractivity contribution in [2.45, 2.75) is 13.5 Å². The first kappa shape index (κ1) is 15.1. The molecular formula is C15H16BrNO2S.